The highest BCUT2D eigenvalue weighted by Gasteiger charge is 2.20. The molecule has 1 aromatic heterocycles. The first-order valence-electron chi connectivity index (χ1n) is 9.20. The molecule has 1 amide bonds. The molecule has 2 aromatic carbocycles. The molecule has 0 aliphatic rings. The minimum Gasteiger partial charge on any atom is -0.493 e. The molecule has 0 saturated carbocycles. The summed E-state index contributed by atoms with van der Waals surface area (Å²) in [5.41, 5.74) is 1.79. The van der Waals surface area contributed by atoms with Crippen LogP contribution in [0.3, 0.4) is 0 Å². The molecule has 0 bridgehead atoms. The lowest BCUT2D eigenvalue weighted by molar-refractivity contribution is -0.118. The Labute approximate surface area is 187 Å². The smallest absolute Gasteiger partial charge is 0.232 e. The van der Waals surface area contributed by atoms with Crippen molar-refractivity contribution in [3.63, 3.8) is 0 Å². The van der Waals surface area contributed by atoms with Crippen LogP contribution >= 0.6 is 17.0 Å². The van der Waals surface area contributed by atoms with Gasteiger partial charge < -0.3 is 14.2 Å². The van der Waals surface area contributed by atoms with Gasteiger partial charge in [-0.15, -0.1) is 17.0 Å². The lowest BCUT2D eigenvalue weighted by Gasteiger charge is -2.22. The molecule has 6 nitrogen and oxygen atoms in total. The summed E-state index contributed by atoms with van der Waals surface area (Å²) in [5, 5.41) is 0. The number of pyridine rings is 1. The number of methoxy groups -OCH3 is 3. The van der Waals surface area contributed by atoms with Crippen LogP contribution in [0.5, 0.6) is 17.2 Å². The van der Waals surface area contributed by atoms with Crippen LogP contribution in [0.2, 0.25) is 0 Å². The Morgan fingerprint density at radius 2 is 1.50 bits per heavy atom. The third-order valence-corrected chi connectivity index (χ3v) is 4.49. The Balaban J connectivity index is 0.00000320. The zero-order valence-corrected chi connectivity index (χ0v) is 18.9. The van der Waals surface area contributed by atoms with Gasteiger partial charge in [0.25, 0.3) is 0 Å². The summed E-state index contributed by atoms with van der Waals surface area (Å²) in [6, 6.07) is 18.9. The quantitative estimate of drug-likeness (QED) is 0.484. The molecule has 158 valence electrons. The van der Waals surface area contributed by atoms with Gasteiger partial charge in [0.1, 0.15) is 5.82 Å². The van der Waals surface area contributed by atoms with Gasteiger partial charge in [-0.2, -0.15) is 0 Å². The SMILES string of the molecule is Br.COc1cc(CC(=O)N(Cc2ccccc2)c2ccccn2)cc(OC)c1OC. The van der Waals surface area contributed by atoms with E-state index in [1.165, 1.54) is 0 Å². The molecule has 0 spiro atoms. The molecular formula is C23H25BrN2O4. The van der Waals surface area contributed by atoms with Gasteiger partial charge in [-0.25, -0.2) is 4.98 Å². The number of benzene rings is 2. The molecule has 0 aliphatic carbocycles. The van der Waals surface area contributed by atoms with E-state index in [1.807, 2.05) is 48.5 Å². The lowest BCUT2D eigenvalue weighted by Crippen LogP contribution is -2.32. The number of amides is 1. The number of anilines is 1. The van der Waals surface area contributed by atoms with E-state index >= 15 is 0 Å². The first-order valence-corrected chi connectivity index (χ1v) is 9.20. The lowest BCUT2D eigenvalue weighted by atomic mass is 10.1. The summed E-state index contributed by atoms with van der Waals surface area (Å²) in [5.74, 6) is 2.05. The number of carbonyl (C=O) groups is 1. The third-order valence-electron chi connectivity index (χ3n) is 4.49. The molecule has 0 radical (unpaired) electrons. The zero-order chi connectivity index (χ0) is 20.6. The summed E-state index contributed by atoms with van der Waals surface area (Å²) in [4.78, 5) is 19.3. The predicted molar refractivity (Wildman–Crippen MR) is 122 cm³/mol. The molecule has 3 rings (SSSR count). The molecule has 1 heterocycles. The van der Waals surface area contributed by atoms with Crippen LogP contribution in [-0.2, 0) is 17.8 Å². The Morgan fingerprint density at radius 3 is 2.03 bits per heavy atom. The molecular weight excluding hydrogens is 448 g/mol. The summed E-state index contributed by atoms with van der Waals surface area (Å²) in [7, 11) is 4.66. The van der Waals surface area contributed by atoms with Crippen LogP contribution in [0.25, 0.3) is 0 Å². The number of hydrogen-bond donors (Lipinski definition) is 0. The van der Waals surface area contributed by atoms with Crippen LogP contribution in [0.15, 0.2) is 66.9 Å². The van der Waals surface area contributed by atoms with Gasteiger partial charge in [-0.05, 0) is 35.4 Å². The number of halogens is 1. The second-order valence-electron chi connectivity index (χ2n) is 6.36. The maximum Gasteiger partial charge on any atom is 0.232 e. The Bertz CT molecular complexity index is 927. The van der Waals surface area contributed by atoms with Crippen molar-refractivity contribution in [1.82, 2.24) is 4.98 Å². The van der Waals surface area contributed by atoms with Crippen molar-refractivity contribution in [3.05, 3.63) is 78.0 Å². The number of hydrogen-bond acceptors (Lipinski definition) is 5. The van der Waals surface area contributed by atoms with Crippen LogP contribution in [0, 0.1) is 0 Å². The summed E-state index contributed by atoms with van der Waals surface area (Å²) >= 11 is 0. The zero-order valence-electron chi connectivity index (χ0n) is 17.2. The van der Waals surface area contributed by atoms with Gasteiger partial charge in [0.05, 0.1) is 34.3 Å². The van der Waals surface area contributed by atoms with Gasteiger partial charge in [0.2, 0.25) is 11.7 Å². The minimum atomic E-state index is -0.0816. The number of ether oxygens (including phenoxy) is 3. The first-order chi connectivity index (χ1) is 14.2. The van der Waals surface area contributed by atoms with Crippen molar-refractivity contribution in [1.29, 1.82) is 0 Å². The average molecular weight is 473 g/mol. The molecule has 3 aromatic rings. The van der Waals surface area contributed by atoms with E-state index in [1.54, 1.807) is 44.6 Å². The number of aromatic nitrogens is 1. The Hall–Kier alpha value is -3.06. The topological polar surface area (TPSA) is 60.9 Å². The molecule has 0 aliphatic heterocycles. The largest absolute Gasteiger partial charge is 0.493 e. The van der Waals surface area contributed by atoms with E-state index in [0.29, 0.717) is 29.6 Å². The van der Waals surface area contributed by atoms with Crippen LogP contribution in [-0.4, -0.2) is 32.2 Å². The van der Waals surface area contributed by atoms with Gasteiger partial charge in [-0.1, -0.05) is 36.4 Å². The molecule has 0 atom stereocenters. The molecule has 0 saturated heterocycles. The second-order valence-corrected chi connectivity index (χ2v) is 6.36. The Morgan fingerprint density at radius 1 is 0.867 bits per heavy atom. The fourth-order valence-electron chi connectivity index (χ4n) is 3.08. The number of nitrogens with zero attached hydrogens (tertiary/aromatic N) is 2. The molecule has 7 heteroatoms. The average Bonchev–Trinajstić information content (AvgIpc) is 2.77. The number of carbonyl (C=O) groups excluding carboxylic acids is 1. The van der Waals surface area contributed by atoms with E-state index in [0.717, 1.165) is 11.1 Å². The highest BCUT2D eigenvalue weighted by atomic mass is 79.9. The van der Waals surface area contributed by atoms with Crippen molar-refractivity contribution in [2.24, 2.45) is 0 Å². The van der Waals surface area contributed by atoms with Crippen LogP contribution in [0.1, 0.15) is 11.1 Å². The maximum absolute atomic E-state index is 13.2. The Kier molecular flexibility index (Phi) is 8.68. The van der Waals surface area contributed by atoms with Gasteiger partial charge >= 0.3 is 0 Å². The van der Waals surface area contributed by atoms with E-state index in [4.69, 9.17) is 14.2 Å². The maximum atomic E-state index is 13.2. The van der Waals surface area contributed by atoms with E-state index < -0.39 is 0 Å². The molecule has 0 N–H and O–H groups in total. The number of rotatable bonds is 8. The fourth-order valence-corrected chi connectivity index (χ4v) is 3.08. The fraction of sp³-hybridized carbons (Fsp3) is 0.217. The summed E-state index contributed by atoms with van der Waals surface area (Å²) in [6.45, 7) is 0.432. The van der Waals surface area contributed by atoms with Crippen molar-refractivity contribution in [2.45, 2.75) is 13.0 Å². The van der Waals surface area contributed by atoms with Crippen LogP contribution < -0.4 is 19.1 Å². The third kappa shape index (κ3) is 5.51. The summed E-state index contributed by atoms with van der Waals surface area (Å²) < 4.78 is 16.2. The van der Waals surface area contributed by atoms with Gasteiger partial charge in [0, 0.05) is 6.20 Å². The molecule has 0 fully saturated rings. The molecule has 30 heavy (non-hydrogen) atoms. The van der Waals surface area contributed by atoms with Crippen molar-refractivity contribution < 1.29 is 19.0 Å². The van der Waals surface area contributed by atoms with E-state index in [9.17, 15) is 4.79 Å². The van der Waals surface area contributed by atoms with Crippen molar-refractivity contribution in [3.8, 4) is 17.2 Å². The van der Waals surface area contributed by atoms with Crippen molar-refractivity contribution >= 4 is 28.7 Å². The standard InChI is InChI=1S/C23H24N2O4.BrH/c1-27-19-13-18(14-20(28-2)23(19)29-3)15-22(26)25(21-11-7-8-12-24-21)16-17-9-5-4-6-10-17;/h4-14H,15-16H2,1-3H3;1H. The van der Waals surface area contributed by atoms with Crippen molar-refractivity contribution in [2.75, 3.05) is 26.2 Å². The first kappa shape index (κ1) is 23.2. The normalized spacial score (nSPS) is 9.97. The van der Waals surface area contributed by atoms with Gasteiger partial charge in [-0.3, -0.25) is 9.69 Å². The minimum absolute atomic E-state index is 0. The summed E-state index contributed by atoms with van der Waals surface area (Å²) in [6.07, 6.45) is 1.85. The van der Waals surface area contributed by atoms with E-state index in [-0.39, 0.29) is 29.3 Å². The molecule has 0 unspecified atom stereocenters. The second kappa shape index (κ2) is 11.2. The highest BCUT2D eigenvalue weighted by Crippen LogP contribution is 2.38. The highest BCUT2D eigenvalue weighted by molar-refractivity contribution is 8.93. The predicted octanol–water partition coefficient (Wildman–Crippen LogP) is 4.46. The van der Waals surface area contributed by atoms with Crippen LogP contribution in [0.4, 0.5) is 5.82 Å². The van der Waals surface area contributed by atoms with E-state index in [2.05, 4.69) is 4.98 Å². The van der Waals surface area contributed by atoms with Gasteiger partial charge in [0.15, 0.2) is 11.5 Å². The monoisotopic (exact) mass is 472 g/mol.